The predicted molar refractivity (Wildman–Crippen MR) is 98.2 cm³/mol. The summed E-state index contributed by atoms with van der Waals surface area (Å²) in [7, 11) is -4.05. The van der Waals surface area contributed by atoms with E-state index in [9.17, 15) is 17.2 Å². The van der Waals surface area contributed by atoms with Crippen molar-refractivity contribution in [3.05, 3.63) is 54.1 Å². The topological polar surface area (TPSA) is 72.2 Å². The minimum absolute atomic E-state index is 0.0278. The molecule has 0 unspecified atom stereocenters. The average Bonchev–Trinajstić information content (AvgIpc) is 3.38. The van der Waals surface area contributed by atoms with Crippen molar-refractivity contribution in [1.29, 1.82) is 0 Å². The van der Waals surface area contributed by atoms with E-state index in [1.165, 1.54) is 6.07 Å². The third-order valence-electron chi connectivity index (χ3n) is 4.49. The smallest absolute Gasteiger partial charge is 0.271 e. The van der Waals surface area contributed by atoms with Crippen molar-refractivity contribution in [2.75, 3.05) is 4.72 Å². The fourth-order valence-electron chi connectivity index (χ4n) is 3.13. The molecule has 27 heavy (non-hydrogen) atoms. The quantitative estimate of drug-likeness (QED) is 0.632. The molecule has 1 aromatic carbocycles. The molecule has 0 spiro atoms. The molecule has 0 bridgehead atoms. The first-order chi connectivity index (χ1) is 12.9. The monoisotopic (exact) mass is 410 g/mol. The van der Waals surface area contributed by atoms with Crippen LogP contribution in [0.4, 0.5) is 14.5 Å². The lowest BCUT2D eigenvalue weighted by molar-refractivity contribution is 0.458. The van der Waals surface area contributed by atoms with E-state index < -0.39 is 27.3 Å². The molecule has 5 nitrogen and oxygen atoms in total. The molecule has 2 heterocycles. The molecule has 0 atom stereocenters. The van der Waals surface area contributed by atoms with E-state index in [2.05, 4.69) is 9.71 Å². The van der Waals surface area contributed by atoms with Crippen molar-refractivity contribution in [1.82, 2.24) is 4.98 Å². The van der Waals surface area contributed by atoms with Crippen molar-refractivity contribution in [3.8, 4) is 10.6 Å². The van der Waals surface area contributed by atoms with Crippen LogP contribution in [-0.2, 0) is 10.0 Å². The molecule has 0 aliphatic heterocycles. The normalized spacial score (nSPS) is 15.3. The first kappa shape index (κ1) is 18.1. The highest BCUT2D eigenvalue weighted by atomic mass is 32.2. The summed E-state index contributed by atoms with van der Waals surface area (Å²) in [5.74, 6) is -0.0876. The molecule has 0 saturated heterocycles. The second-order valence-corrected chi connectivity index (χ2v) is 9.39. The average molecular weight is 410 g/mol. The van der Waals surface area contributed by atoms with Crippen LogP contribution in [-0.4, -0.2) is 13.4 Å². The Morgan fingerprint density at radius 1 is 1.15 bits per heavy atom. The van der Waals surface area contributed by atoms with Gasteiger partial charge in [0.05, 0.1) is 16.8 Å². The van der Waals surface area contributed by atoms with Crippen LogP contribution in [0.3, 0.4) is 0 Å². The summed E-state index contributed by atoms with van der Waals surface area (Å²) in [6, 6.07) is 5.59. The van der Waals surface area contributed by atoms with Gasteiger partial charge in [0.1, 0.15) is 15.8 Å². The van der Waals surface area contributed by atoms with Crippen molar-refractivity contribution < 1.29 is 21.6 Å². The minimum atomic E-state index is -4.05. The molecular formula is C18H16F2N2O3S2. The van der Waals surface area contributed by atoms with Gasteiger partial charge in [-0.1, -0.05) is 12.8 Å². The van der Waals surface area contributed by atoms with Gasteiger partial charge in [-0.25, -0.2) is 22.2 Å². The summed E-state index contributed by atoms with van der Waals surface area (Å²) in [5.41, 5.74) is -0.437. The highest BCUT2D eigenvalue weighted by Gasteiger charge is 2.24. The summed E-state index contributed by atoms with van der Waals surface area (Å²) >= 11 is 0.978. The Balaban J connectivity index is 1.57. The molecule has 2 aromatic heterocycles. The maximum atomic E-state index is 13.7. The molecule has 3 aromatic rings. The van der Waals surface area contributed by atoms with Crippen LogP contribution in [0, 0.1) is 11.6 Å². The SMILES string of the molecule is O=S(=O)(Nc1cc(F)ccc1F)c1ccc(-c2cnc(C3CCCC3)o2)s1. The number of benzene rings is 1. The zero-order chi connectivity index (χ0) is 19.0. The fraction of sp³-hybridized carbons (Fsp3) is 0.278. The Kier molecular flexibility index (Phi) is 4.73. The molecule has 142 valence electrons. The third kappa shape index (κ3) is 3.74. The van der Waals surface area contributed by atoms with Gasteiger partial charge in [-0.15, -0.1) is 11.3 Å². The van der Waals surface area contributed by atoms with Gasteiger partial charge in [-0.2, -0.15) is 0 Å². The van der Waals surface area contributed by atoms with Crippen LogP contribution in [0.25, 0.3) is 10.6 Å². The standard InChI is InChI=1S/C18H16F2N2O3S2/c19-12-5-6-13(20)14(9-12)22-27(23,24)17-8-7-16(26-17)15-10-21-18(25-15)11-3-1-2-4-11/h5-11,22H,1-4H2. The highest BCUT2D eigenvalue weighted by molar-refractivity contribution is 7.94. The van der Waals surface area contributed by atoms with E-state index in [0.29, 0.717) is 22.4 Å². The lowest BCUT2D eigenvalue weighted by atomic mass is 10.1. The van der Waals surface area contributed by atoms with Gasteiger partial charge in [0.15, 0.2) is 11.7 Å². The van der Waals surface area contributed by atoms with Crippen LogP contribution >= 0.6 is 11.3 Å². The van der Waals surface area contributed by atoms with E-state index >= 15 is 0 Å². The fourth-order valence-corrected chi connectivity index (χ4v) is 5.44. The van der Waals surface area contributed by atoms with Gasteiger partial charge >= 0.3 is 0 Å². The Labute approximate surface area is 159 Å². The zero-order valence-electron chi connectivity index (χ0n) is 14.1. The van der Waals surface area contributed by atoms with Gasteiger partial charge in [0, 0.05) is 12.0 Å². The molecule has 4 rings (SSSR count). The molecule has 1 saturated carbocycles. The Morgan fingerprint density at radius 3 is 2.70 bits per heavy atom. The first-order valence-corrected chi connectivity index (χ1v) is 10.8. The number of rotatable bonds is 5. The Morgan fingerprint density at radius 2 is 1.93 bits per heavy atom. The summed E-state index contributed by atoms with van der Waals surface area (Å²) in [5, 5.41) is 0. The molecule has 0 radical (unpaired) electrons. The number of hydrogen-bond acceptors (Lipinski definition) is 5. The summed E-state index contributed by atoms with van der Waals surface area (Å²) < 4.78 is 59.8. The number of aromatic nitrogens is 1. The largest absolute Gasteiger partial charge is 0.440 e. The lowest BCUT2D eigenvalue weighted by Crippen LogP contribution is -2.12. The molecule has 1 fully saturated rings. The van der Waals surface area contributed by atoms with Gasteiger partial charge in [-0.05, 0) is 37.1 Å². The first-order valence-electron chi connectivity index (χ1n) is 8.46. The van der Waals surface area contributed by atoms with Crippen molar-refractivity contribution in [3.63, 3.8) is 0 Å². The number of nitrogens with one attached hydrogen (secondary N) is 1. The van der Waals surface area contributed by atoms with E-state index in [1.807, 2.05) is 0 Å². The molecule has 9 heteroatoms. The number of hydrogen-bond donors (Lipinski definition) is 1. The number of halogens is 2. The van der Waals surface area contributed by atoms with Crippen molar-refractivity contribution in [2.45, 2.75) is 35.8 Å². The van der Waals surface area contributed by atoms with E-state index in [-0.39, 0.29) is 4.21 Å². The molecule has 1 aliphatic carbocycles. The van der Waals surface area contributed by atoms with Crippen LogP contribution < -0.4 is 4.72 Å². The summed E-state index contributed by atoms with van der Waals surface area (Å²) in [6.07, 6.45) is 6.01. The minimum Gasteiger partial charge on any atom is -0.440 e. The molecule has 1 aliphatic rings. The lowest BCUT2D eigenvalue weighted by Gasteiger charge is -2.07. The van der Waals surface area contributed by atoms with Gasteiger partial charge in [0.25, 0.3) is 10.0 Å². The van der Waals surface area contributed by atoms with Crippen LogP contribution in [0.5, 0.6) is 0 Å². The highest BCUT2D eigenvalue weighted by Crippen LogP contribution is 2.37. The Bertz CT molecular complexity index is 1070. The number of thiophene rings is 1. The Hall–Kier alpha value is -2.26. The van der Waals surface area contributed by atoms with Gasteiger partial charge in [-0.3, -0.25) is 4.72 Å². The molecule has 0 amide bonds. The van der Waals surface area contributed by atoms with E-state index in [1.54, 1.807) is 12.3 Å². The third-order valence-corrected chi connectivity index (χ3v) is 7.45. The van der Waals surface area contributed by atoms with E-state index in [4.69, 9.17) is 4.42 Å². The van der Waals surface area contributed by atoms with Crippen molar-refractivity contribution in [2.24, 2.45) is 0 Å². The van der Waals surface area contributed by atoms with Gasteiger partial charge in [0.2, 0.25) is 0 Å². The maximum Gasteiger partial charge on any atom is 0.271 e. The molecular weight excluding hydrogens is 394 g/mol. The summed E-state index contributed by atoms with van der Waals surface area (Å²) in [6.45, 7) is 0. The van der Waals surface area contributed by atoms with Crippen molar-refractivity contribution >= 4 is 27.0 Å². The number of nitrogens with zero attached hydrogens (tertiary/aromatic N) is 1. The van der Waals surface area contributed by atoms with E-state index in [0.717, 1.165) is 55.2 Å². The second-order valence-electron chi connectivity index (χ2n) is 6.39. The predicted octanol–water partition coefficient (Wildman–Crippen LogP) is 5.14. The second kappa shape index (κ2) is 7.05. The number of sulfonamides is 1. The zero-order valence-corrected chi connectivity index (χ0v) is 15.7. The van der Waals surface area contributed by atoms with Crippen LogP contribution in [0.1, 0.15) is 37.5 Å². The van der Waals surface area contributed by atoms with Crippen LogP contribution in [0.15, 0.2) is 45.2 Å². The number of anilines is 1. The molecule has 1 N–H and O–H groups in total. The summed E-state index contributed by atoms with van der Waals surface area (Å²) in [4.78, 5) is 4.92. The van der Waals surface area contributed by atoms with Gasteiger partial charge < -0.3 is 4.42 Å². The van der Waals surface area contributed by atoms with Crippen LogP contribution in [0.2, 0.25) is 0 Å². The maximum absolute atomic E-state index is 13.7. The number of oxazole rings is 1.